The fraction of sp³-hybridized carbons (Fsp3) is 0.111. The number of fused-ring (bicyclic) bond motifs is 1. The number of ether oxygens (including phenoxy) is 1. The highest BCUT2D eigenvalue weighted by molar-refractivity contribution is 5.94. The van der Waals surface area contributed by atoms with Crippen molar-refractivity contribution in [1.82, 2.24) is 4.98 Å². The average Bonchev–Trinajstić information content (AvgIpc) is 2.57. The lowest BCUT2D eigenvalue weighted by Crippen LogP contribution is -2.30. The number of carbonyl (C=O) groups is 1. The molecule has 0 radical (unpaired) electrons. The van der Waals surface area contributed by atoms with E-state index < -0.39 is 17.8 Å². The van der Waals surface area contributed by atoms with Crippen molar-refractivity contribution in [2.75, 3.05) is 5.32 Å². The summed E-state index contributed by atoms with van der Waals surface area (Å²) in [5, 5.41) is 3.44. The Balaban J connectivity index is 1.77. The van der Waals surface area contributed by atoms with Crippen LogP contribution < -0.4 is 10.1 Å². The molecule has 1 N–H and O–H groups in total. The van der Waals surface area contributed by atoms with Gasteiger partial charge < -0.3 is 10.1 Å². The number of aromatic nitrogens is 1. The number of rotatable bonds is 4. The fourth-order valence-electron chi connectivity index (χ4n) is 2.21. The fourth-order valence-corrected chi connectivity index (χ4v) is 2.21. The molecule has 1 amide bonds. The normalized spacial score (nSPS) is 11.9. The summed E-state index contributed by atoms with van der Waals surface area (Å²) in [6, 6.07) is 15.3. The summed E-state index contributed by atoms with van der Waals surface area (Å²) in [7, 11) is 0. The largest absolute Gasteiger partial charge is 0.479 e. The molecule has 0 aliphatic heterocycles. The lowest BCUT2D eigenvalue weighted by Gasteiger charge is -2.16. The van der Waals surface area contributed by atoms with Gasteiger partial charge >= 0.3 is 0 Å². The summed E-state index contributed by atoms with van der Waals surface area (Å²) in [6.45, 7) is 1.61. The van der Waals surface area contributed by atoms with Crippen molar-refractivity contribution in [3.8, 4) is 5.75 Å². The molecule has 0 saturated heterocycles. The van der Waals surface area contributed by atoms with Crippen molar-refractivity contribution in [3.05, 3.63) is 66.6 Å². The van der Waals surface area contributed by atoms with Crippen LogP contribution in [-0.2, 0) is 4.79 Å². The SMILES string of the molecule is C[C@@H](Oc1cccc2cccnc12)C(=O)Nc1ccccc1F. The molecule has 0 aliphatic rings. The molecular formula is C18H15FN2O2. The number of pyridine rings is 1. The van der Waals surface area contributed by atoms with Gasteiger partial charge in [0.15, 0.2) is 6.10 Å². The van der Waals surface area contributed by atoms with Gasteiger partial charge in [-0.15, -0.1) is 0 Å². The van der Waals surface area contributed by atoms with Gasteiger partial charge in [-0.3, -0.25) is 9.78 Å². The van der Waals surface area contributed by atoms with Crippen LogP contribution in [0.3, 0.4) is 0 Å². The van der Waals surface area contributed by atoms with Crippen LogP contribution in [0.2, 0.25) is 0 Å². The zero-order valence-electron chi connectivity index (χ0n) is 12.5. The third-order valence-electron chi connectivity index (χ3n) is 3.40. The molecule has 1 atom stereocenters. The second-order valence-corrected chi connectivity index (χ2v) is 5.06. The minimum absolute atomic E-state index is 0.129. The van der Waals surface area contributed by atoms with Crippen LogP contribution in [0.4, 0.5) is 10.1 Å². The molecule has 2 aromatic carbocycles. The number of nitrogens with one attached hydrogen (secondary N) is 1. The predicted molar refractivity (Wildman–Crippen MR) is 86.9 cm³/mol. The first kappa shape index (κ1) is 15.0. The quantitative estimate of drug-likeness (QED) is 0.798. The molecule has 0 bridgehead atoms. The van der Waals surface area contributed by atoms with Crippen LogP contribution in [0.1, 0.15) is 6.92 Å². The smallest absolute Gasteiger partial charge is 0.265 e. The molecule has 4 nitrogen and oxygen atoms in total. The van der Waals surface area contributed by atoms with E-state index >= 15 is 0 Å². The molecule has 0 unspecified atom stereocenters. The number of carbonyl (C=O) groups excluding carboxylic acids is 1. The molecule has 1 aromatic heterocycles. The van der Waals surface area contributed by atoms with Crippen molar-refractivity contribution in [2.45, 2.75) is 13.0 Å². The molecule has 0 spiro atoms. The number of hydrogen-bond donors (Lipinski definition) is 1. The van der Waals surface area contributed by atoms with Crippen molar-refractivity contribution in [2.24, 2.45) is 0 Å². The Hall–Kier alpha value is -2.95. The Labute approximate surface area is 132 Å². The third kappa shape index (κ3) is 3.29. The zero-order valence-corrected chi connectivity index (χ0v) is 12.5. The van der Waals surface area contributed by atoms with Gasteiger partial charge in [-0.25, -0.2) is 4.39 Å². The van der Waals surface area contributed by atoms with Crippen LogP contribution in [0, 0.1) is 5.82 Å². The monoisotopic (exact) mass is 310 g/mol. The van der Waals surface area contributed by atoms with Crippen molar-refractivity contribution in [3.63, 3.8) is 0 Å². The van der Waals surface area contributed by atoms with E-state index in [2.05, 4.69) is 10.3 Å². The lowest BCUT2D eigenvalue weighted by atomic mass is 10.2. The minimum atomic E-state index is -0.790. The van der Waals surface area contributed by atoms with E-state index in [0.717, 1.165) is 5.39 Å². The van der Waals surface area contributed by atoms with E-state index in [1.807, 2.05) is 24.3 Å². The van der Waals surface area contributed by atoms with Crippen molar-refractivity contribution in [1.29, 1.82) is 0 Å². The van der Waals surface area contributed by atoms with E-state index in [4.69, 9.17) is 4.74 Å². The molecule has 116 valence electrons. The van der Waals surface area contributed by atoms with Gasteiger partial charge in [-0.2, -0.15) is 0 Å². The molecule has 3 aromatic rings. The molecule has 0 saturated carbocycles. The third-order valence-corrected chi connectivity index (χ3v) is 3.40. The number of para-hydroxylation sites is 2. The van der Waals surface area contributed by atoms with Gasteiger partial charge in [0.2, 0.25) is 0 Å². The maximum absolute atomic E-state index is 13.6. The summed E-state index contributed by atoms with van der Waals surface area (Å²) < 4.78 is 19.3. The lowest BCUT2D eigenvalue weighted by molar-refractivity contribution is -0.122. The average molecular weight is 310 g/mol. The number of nitrogens with zero attached hydrogens (tertiary/aromatic N) is 1. The number of hydrogen-bond acceptors (Lipinski definition) is 3. The maximum Gasteiger partial charge on any atom is 0.265 e. The second-order valence-electron chi connectivity index (χ2n) is 5.06. The van der Waals surface area contributed by atoms with E-state index in [-0.39, 0.29) is 5.69 Å². The van der Waals surface area contributed by atoms with Crippen LogP contribution in [-0.4, -0.2) is 17.0 Å². The molecule has 1 heterocycles. The number of amides is 1. The Morgan fingerprint density at radius 2 is 1.91 bits per heavy atom. The first-order chi connectivity index (χ1) is 11.1. The van der Waals surface area contributed by atoms with Gasteiger partial charge in [0.1, 0.15) is 17.1 Å². The molecule has 5 heteroatoms. The maximum atomic E-state index is 13.6. The van der Waals surface area contributed by atoms with E-state index in [1.54, 1.807) is 31.3 Å². The van der Waals surface area contributed by atoms with Gasteiger partial charge in [-0.05, 0) is 31.2 Å². The van der Waals surface area contributed by atoms with Crippen molar-refractivity contribution >= 4 is 22.5 Å². The highest BCUT2D eigenvalue weighted by atomic mass is 19.1. The summed E-state index contributed by atoms with van der Waals surface area (Å²) in [4.78, 5) is 16.5. The van der Waals surface area contributed by atoms with Gasteiger partial charge in [0.25, 0.3) is 5.91 Å². The van der Waals surface area contributed by atoms with Crippen LogP contribution >= 0.6 is 0 Å². The first-order valence-corrected chi connectivity index (χ1v) is 7.21. The summed E-state index contributed by atoms with van der Waals surface area (Å²) >= 11 is 0. The van der Waals surface area contributed by atoms with Gasteiger partial charge in [0.05, 0.1) is 5.69 Å². The molecule has 23 heavy (non-hydrogen) atoms. The number of anilines is 1. The zero-order chi connectivity index (χ0) is 16.2. The summed E-state index contributed by atoms with van der Waals surface area (Å²) in [5.74, 6) is -0.401. The van der Waals surface area contributed by atoms with Crippen LogP contribution in [0.25, 0.3) is 10.9 Å². The van der Waals surface area contributed by atoms with E-state index in [1.165, 1.54) is 12.1 Å². The molecule has 0 aliphatic carbocycles. The summed E-state index contributed by atoms with van der Waals surface area (Å²) in [5.41, 5.74) is 0.810. The van der Waals surface area contributed by atoms with Gasteiger partial charge in [0, 0.05) is 11.6 Å². The minimum Gasteiger partial charge on any atom is -0.479 e. The molecule has 0 fully saturated rings. The molecular weight excluding hydrogens is 295 g/mol. The van der Waals surface area contributed by atoms with E-state index in [0.29, 0.717) is 11.3 Å². The highest BCUT2D eigenvalue weighted by Crippen LogP contribution is 2.24. The standard InChI is InChI=1S/C18H15FN2O2/c1-12(18(22)21-15-9-3-2-8-14(15)19)23-16-10-4-6-13-7-5-11-20-17(13)16/h2-12H,1H3,(H,21,22)/t12-/m1/s1. The Bertz CT molecular complexity index is 846. The highest BCUT2D eigenvalue weighted by Gasteiger charge is 2.17. The van der Waals surface area contributed by atoms with Crippen molar-refractivity contribution < 1.29 is 13.9 Å². The second kappa shape index (κ2) is 6.44. The summed E-state index contributed by atoms with van der Waals surface area (Å²) in [6.07, 6.45) is 0.876. The predicted octanol–water partition coefficient (Wildman–Crippen LogP) is 3.78. The Morgan fingerprint density at radius 1 is 1.13 bits per heavy atom. The Morgan fingerprint density at radius 3 is 2.74 bits per heavy atom. The number of halogens is 1. The Kier molecular flexibility index (Phi) is 4.19. The first-order valence-electron chi connectivity index (χ1n) is 7.21. The van der Waals surface area contributed by atoms with Gasteiger partial charge in [-0.1, -0.05) is 30.3 Å². The van der Waals surface area contributed by atoms with Crippen LogP contribution in [0.15, 0.2) is 60.8 Å². The van der Waals surface area contributed by atoms with Crippen LogP contribution in [0.5, 0.6) is 5.75 Å². The number of benzene rings is 2. The van der Waals surface area contributed by atoms with E-state index in [9.17, 15) is 9.18 Å². The molecule has 3 rings (SSSR count). The topological polar surface area (TPSA) is 51.2 Å².